The predicted octanol–water partition coefficient (Wildman–Crippen LogP) is 0.929. The molecule has 0 spiro atoms. The van der Waals surface area contributed by atoms with Crippen LogP contribution in [0, 0.1) is 0 Å². The van der Waals surface area contributed by atoms with Gasteiger partial charge in [-0.1, -0.05) is 0 Å². The summed E-state index contributed by atoms with van der Waals surface area (Å²) in [5, 5.41) is 3.37. The summed E-state index contributed by atoms with van der Waals surface area (Å²) in [4.78, 5) is 13.2. The van der Waals surface area contributed by atoms with Crippen molar-refractivity contribution in [1.82, 2.24) is 15.2 Å². The lowest BCUT2D eigenvalue weighted by atomic mass is 10.2. The number of aromatic nitrogens is 1. The molecular weight excluding hydrogens is 226 g/mol. The van der Waals surface area contributed by atoms with Gasteiger partial charge in [-0.05, 0) is 18.6 Å². The molecule has 2 rings (SSSR count). The third kappa shape index (κ3) is 2.91. The molecule has 5 nitrogen and oxygen atoms in total. The van der Waals surface area contributed by atoms with Gasteiger partial charge in [-0.3, -0.25) is 9.98 Å². The first-order chi connectivity index (χ1) is 8.68. The van der Waals surface area contributed by atoms with Crippen LogP contribution in [-0.4, -0.2) is 50.1 Å². The molecule has 18 heavy (non-hydrogen) atoms. The van der Waals surface area contributed by atoms with Gasteiger partial charge < -0.3 is 15.1 Å². The molecule has 1 aromatic rings. The maximum atomic E-state index is 4.49. The summed E-state index contributed by atoms with van der Waals surface area (Å²) in [5.41, 5.74) is 2.19. The summed E-state index contributed by atoms with van der Waals surface area (Å²) in [6.07, 6.45) is 2.96. The number of hydrogen-bond acceptors (Lipinski definition) is 5. The summed E-state index contributed by atoms with van der Waals surface area (Å²) >= 11 is 0. The summed E-state index contributed by atoms with van der Waals surface area (Å²) in [6.45, 7) is 2.68. The lowest BCUT2D eigenvalue weighted by molar-refractivity contribution is 0.445. The van der Waals surface area contributed by atoms with Crippen molar-refractivity contribution in [2.24, 2.45) is 4.99 Å². The number of pyridine rings is 1. The molecule has 0 radical (unpaired) electrons. The fourth-order valence-electron chi connectivity index (χ4n) is 2.05. The van der Waals surface area contributed by atoms with Gasteiger partial charge in [0.2, 0.25) is 0 Å². The minimum Gasteiger partial charge on any atom is -0.376 e. The van der Waals surface area contributed by atoms with E-state index in [0.717, 1.165) is 36.9 Å². The molecule has 98 valence electrons. The van der Waals surface area contributed by atoms with Crippen LogP contribution in [0.25, 0.3) is 0 Å². The van der Waals surface area contributed by atoms with Crippen LogP contribution in [0.1, 0.15) is 12.1 Å². The predicted molar refractivity (Wildman–Crippen MR) is 75.0 cm³/mol. The van der Waals surface area contributed by atoms with Crippen LogP contribution >= 0.6 is 0 Å². The van der Waals surface area contributed by atoms with Crippen LogP contribution in [0.2, 0.25) is 0 Å². The van der Waals surface area contributed by atoms with Gasteiger partial charge in [0, 0.05) is 40.4 Å². The Morgan fingerprint density at radius 3 is 3.00 bits per heavy atom. The first-order valence-electron chi connectivity index (χ1n) is 6.29. The van der Waals surface area contributed by atoms with E-state index in [0.29, 0.717) is 6.54 Å². The largest absolute Gasteiger partial charge is 0.376 e. The third-order valence-corrected chi connectivity index (χ3v) is 3.04. The quantitative estimate of drug-likeness (QED) is 0.863. The number of rotatable bonds is 3. The lowest BCUT2D eigenvalue weighted by Crippen LogP contribution is -2.42. The van der Waals surface area contributed by atoms with Gasteiger partial charge >= 0.3 is 0 Å². The van der Waals surface area contributed by atoms with Crippen molar-refractivity contribution in [3.05, 3.63) is 24.0 Å². The molecule has 1 N–H and O–H groups in total. The summed E-state index contributed by atoms with van der Waals surface area (Å²) < 4.78 is 0. The van der Waals surface area contributed by atoms with E-state index in [-0.39, 0.29) is 0 Å². The Kier molecular flexibility index (Phi) is 4.02. The number of aliphatic imine (C=N–C) groups is 1. The van der Waals surface area contributed by atoms with Crippen LogP contribution in [0.4, 0.5) is 5.69 Å². The molecular formula is C13H21N5. The highest BCUT2D eigenvalue weighted by molar-refractivity contribution is 5.80. The minimum absolute atomic E-state index is 0.706. The van der Waals surface area contributed by atoms with E-state index in [1.54, 1.807) is 0 Å². The molecule has 0 saturated heterocycles. The average Bonchev–Trinajstić information content (AvgIpc) is 2.38. The molecule has 0 amide bonds. The Hall–Kier alpha value is -1.78. The lowest BCUT2D eigenvalue weighted by Gasteiger charge is -2.26. The second kappa shape index (κ2) is 5.71. The zero-order valence-electron chi connectivity index (χ0n) is 11.3. The van der Waals surface area contributed by atoms with Crippen molar-refractivity contribution in [2.75, 3.05) is 39.1 Å². The molecule has 0 unspecified atom stereocenters. The standard InChI is InChI=1S/C13H21N5/c1-17(2)12-6-4-7-14-11(12)10-16-13-15-8-5-9-18(13)3/h4,6-7H,5,8-10H2,1-3H3,(H,15,16). The molecule has 2 heterocycles. The Balaban J connectivity index is 2.04. The number of nitrogens with one attached hydrogen (secondary N) is 1. The van der Waals surface area contributed by atoms with Crippen molar-refractivity contribution in [1.29, 1.82) is 0 Å². The van der Waals surface area contributed by atoms with Crippen molar-refractivity contribution >= 4 is 11.6 Å². The zero-order valence-corrected chi connectivity index (χ0v) is 11.3. The fourth-order valence-corrected chi connectivity index (χ4v) is 2.05. The normalized spacial score (nSPS) is 15.3. The highest BCUT2D eigenvalue weighted by Gasteiger charge is 2.11. The minimum atomic E-state index is 0.706. The molecule has 1 aliphatic rings. The molecule has 0 bridgehead atoms. The Bertz CT molecular complexity index is 427. The number of nitrogens with zero attached hydrogens (tertiary/aromatic N) is 4. The Labute approximate surface area is 109 Å². The van der Waals surface area contributed by atoms with Crippen LogP contribution in [0.3, 0.4) is 0 Å². The number of hydrogen-bond donors (Lipinski definition) is 1. The van der Waals surface area contributed by atoms with E-state index in [9.17, 15) is 0 Å². The van der Waals surface area contributed by atoms with Crippen LogP contribution in [0.15, 0.2) is 23.3 Å². The molecule has 0 aromatic carbocycles. The monoisotopic (exact) mass is 247 g/mol. The van der Waals surface area contributed by atoms with Crippen LogP contribution < -0.4 is 10.2 Å². The maximum absolute atomic E-state index is 4.49. The van der Waals surface area contributed by atoms with Crippen molar-refractivity contribution in [2.45, 2.75) is 13.0 Å². The SMILES string of the molecule is CN1CCCN=C1NCc1ncccc1N(C)C. The van der Waals surface area contributed by atoms with Gasteiger partial charge in [0.25, 0.3) is 0 Å². The molecule has 1 aliphatic heterocycles. The summed E-state index contributed by atoms with van der Waals surface area (Å²) in [7, 11) is 6.13. The maximum Gasteiger partial charge on any atom is 0.193 e. The second-order valence-electron chi connectivity index (χ2n) is 4.70. The Morgan fingerprint density at radius 1 is 1.44 bits per heavy atom. The molecule has 0 atom stereocenters. The van der Waals surface area contributed by atoms with Gasteiger partial charge in [0.1, 0.15) is 0 Å². The van der Waals surface area contributed by atoms with Gasteiger partial charge in [0.15, 0.2) is 5.96 Å². The molecule has 0 aliphatic carbocycles. The zero-order chi connectivity index (χ0) is 13.0. The van der Waals surface area contributed by atoms with Crippen molar-refractivity contribution in [3.63, 3.8) is 0 Å². The third-order valence-electron chi connectivity index (χ3n) is 3.04. The average molecular weight is 247 g/mol. The van der Waals surface area contributed by atoms with E-state index in [1.807, 2.05) is 26.4 Å². The highest BCUT2D eigenvalue weighted by atomic mass is 15.3. The van der Waals surface area contributed by atoms with Crippen molar-refractivity contribution < 1.29 is 0 Å². The van der Waals surface area contributed by atoms with Gasteiger partial charge in [-0.25, -0.2) is 0 Å². The van der Waals surface area contributed by atoms with E-state index in [4.69, 9.17) is 0 Å². The Morgan fingerprint density at radius 2 is 2.28 bits per heavy atom. The number of anilines is 1. The van der Waals surface area contributed by atoms with Gasteiger partial charge in [0.05, 0.1) is 17.9 Å². The fraction of sp³-hybridized carbons (Fsp3) is 0.538. The molecule has 5 heteroatoms. The molecule has 0 fully saturated rings. The van der Waals surface area contributed by atoms with E-state index >= 15 is 0 Å². The second-order valence-corrected chi connectivity index (χ2v) is 4.70. The van der Waals surface area contributed by atoms with Crippen LogP contribution in [0.5, 0.6) is 0 Å². The first-order valence-corrected chi connectivity index (χ1v) is 6.29. The smallest absolute Gasteiger partial charge is 0.193 e. The van der Waals surface area contributed by atoms with Gasteiger partial charge in [-0.15, -0.1) is 0 Å². The highest BCUT2D eigenvalue weighted by Crippen LogP contribution is 2.15. The molecule has 0 saturated carbocycles. The topological polar surface area (TPSA) is 43.8 Å². The number of guanidine groups is 1. The van der Waals surface area contributed by atoms with Crippen LogP contribution in [-0.2, 0) is 6.54 Å². The van der Waals surface area contributed by atoms with Crippen molar-refractivity contribution in [3.8, 4) is 0 Å². The van der Waals surface area contributed by atoms with E-state index < -0.39 is 0 Å². The molecule has 1 aromatic heterocycles. The van der Waals surface area contributed by atoms with E-state index in [2.05, 4.69) is 38.2 Å². The first kappa shape index (κ1) is 12.7. The van der Waals surface area contributed by atoms with Gasteiger partial charge in [-0.2, -0.15) is 0 Å². The van der Waals surface area contributed by atoms with E-state index in [1.165, 1.54) is 0 Å². The summed E-state index contributed by atoms with van der Waals surface area (Å²) in [5.74, 6) is 0.969. The summed E-state index contributed by atoms with van der Waals surface area (Å²) in [6, 6.07) is 4.04.